The van der Waals surface area contributed by atoms with Crippen LogP contribution in [0.15, 0.2) is 59.7 Å². The molecular weight excluding hydrogens is 378 g/mol. The van der Waals surface area contributed by atoms with E-state index >= 15 is 0 Å². The lowest BCUT2D eigenvalue weighted by Crippen LogP contribution is -2.28. The van der Waals surface area contributed by atoms with Crippen molar-refractivity contribution < 1.29 is 4.79 Å². The number of aryl methyl sites for hydroxylation is 1. The predicted octanol–water partition coefficient (Wildman–Crippen LogP) is 2.67. The number of aromatic nitrogens is 4. The molecule has 0 atom stereocenters. The monoisotopic (exact) mass is 401 g/mol. The Morgan fingerprint density at radius 2 is 1.90 bits per heavy atom. The molecule has 3 aromatic heterocycles. The van der Waals surface area contributed by atoms with Gasteiger partial charge in [-0.15, -0.1) is 0 Å². The molecule has 1 aliphatic carbocycles. The van der Waals surface area contributed by atoms with Crippen molar-refractivity contribution in [1.29, 1.82) is 0 Å². The van der Waals surface area contributed by atoms with Crippen molar-refractivity contribution in [2.24, 2.45) is 0 Å². The highest BCUT2D eigenvalue weighted by atomic mass is 16.1. The fourth-order valence-corrected chi connectivity index (χ4v) is 3.83. The van der Waals surface area contributed by atoms with Gasteiger partial charge in [-0.05, 0) is 37.1 Å². The minimum Gasteiger partial charge on any atom is -0.356 e. The van der Waals surface area contributed by atoms with Crippen LogP contribution in [0.3, 0.4) is 0 Å². The molecular formula is C23H23N5O2. The van der Waals surface area contributed by atoms with E-state index in [4.69, 9.17) is 4.98 Å². The zero-order valence-corrected chi connectivity index (χ0v) is 16.6. The number of imidazole rings is 1. The average molecular weight is 401 g/mol. The lowest BCUT2D eigenvalue weighted by Gasteiger charge is -2.12. The van der Waals surface area contributed by atoms with E-state index in [0.717, 1.165) is 24.2 Å². The highest BCUT2D eigenvalue weighted by Crippen LogP contribution is 2.34. The van der Waals surface area contributed by atoms with E-state index in [9.17, 15) is 9.59 Å². The molecule has 1 saturated carbocycles. The van der Waals surface area contributed by atoms with Crippen molar-refractivity contribution in [2.75, 3.05) is 6.54 Å². The zero-order valence-electron chi connectivity index (χ0n) is 16.6. The van der Waals surface area contributed by atoms with Crippen LogP contribution in [0, 0.1) is 0 Å². The maximum atomic E-state index is 12.9. The number of fused-ring (bicyclic) bond motifs is 2. The quantitative estimate of drug-likeness (QED) is 0.516. The minimum absolute atomic E-state index is 0.00496. The first-order chi connectivity index (χ1) is 14.7. The lowest BCUT2D eigenvalue weighted by molar-refractivity contribution is -0.121. The first-order valence-electron chi connectivity index (χ1n) is 10.4. The summed E-state index contributed by atoms with van der Waals surface area (Å²) in [6.45, 7) is 0.531. The average Bonchev–Trinajstić information content (AvgIpc) is 3.50. The molecule has 1 aliphatic rings. The van der Waals surface area contributed by atoms with Gasteiger partial charge in [0.2, 0.25) is 5.91 Å². The van der Waals surface area contributed by atoms with Crippen LogP contribution < -0.4 is 10.9 Å². The Labute approximate surface area is 173 Å². The summed E-state index contributed by atoms with van der Waals surface area (Å²) in [4.78, 5) is 34.5. The molecule has 0 unspecified atom stereocenters. The van der Waals surface area contributed by atoms with Gasteiger partial charge < -0.3 is 9.72 Å². The molecule has 7 nitrogen and oxygen atoms in total. The van der Waals surface area contributed by atoms with Crippen LogP contribution in [0.4, 0.5) is 0 Å². The van der Waals surface area contributed by atoms with Gasteiger partial charge in [-0.1, -0.05) is 18.2 Å². The summed E-state index contributed by atoms with van der Waals surface area (Å²) >= 11 is 0. The molecule has 1 fully saturated rings. The van der Waals surface area contributed by atoms with Crippen LogP contribution in [0.5, 0.6) is 0 Å². The zero-order chi connectivity index (χ0) is 20.5. The molecule has 0 spiro atoms. The van der Waals surface area contributed by atoms with Crippen LogP contribution in [-0.4, -0.2) is 31.4 Å². The topological polar surface area (TPSA) is 81.3 Å². The van der Waals surface area contributed by atoms with Gasteiger partial charge in [0.15, 0.2) is 0 Å². The second-order valence-electron chi connectivity index (χ2n) is 7.75. The SMILES string of the molecule is O=C(CCc1nc2ccccc2c(=O)n1C1CC1)NCCc1cn2ccccc2n1. The van der Waals surface area contributed by atoms with Crippen LogP contribution in [0.1, 0.15) is 36.8 Å². The van der Waals surface area contributed by atoms with Crippen molar-refractivity contribution >= 4 is 22.5 Å². The van der Waals surface area contributed by atoms with Gasteiger partial charge in [-0.2, -0.15) is 0 Å². The van der Waals surface area contributed by atoms with Gasteiger partial charge in [-0.3, -0.25) is 14.2 Å². The van der Waals surface area contributed by atoms with Crippen molar-refractivity contribution in [3.05, 3.63) is 76.7 Å². The van der Waals surface area contributed by atoms with Crippen molar-refractivity contribution in [3.8, 4) is 0 Å². The number of nitrogens with one attached hydrogen (secondary N) is 1. The van der Waals surface area contributed by atoms with E-state index in [0.29, 0.717) is 42.5 Å². The lowest BCUT2D eigenvalue weighted by atomic mass is 10.2. The fourth-order valence-electron chi connectivity index (χ4n) is 3.83. The second kappa shape index (κ2) is 7.74. The minimum atomic E-state index is -0.0384. The number of hydrogen-bond donors (Lipinski definition) is 1. The van der Waals surface area contributed by atoms with Gasteiger partial charge in [0.25, 0.3) is 5.56 Å². The molecule has 3 heterocycles. The predicted molar refractivity (Wildman–Crippen MR) is 115 cm³/mol. The fraction of sp³-hybridized carbons (Fsp3) is 0.304. The molecule has 1 amide bonds. The summed E-state index contributed by atoms with van der Waals surface area (Å²) in [5.41, 5.74) is 2.55. The van der Waals surface area contributed by atoms with Crippen molar-refractivity contribution in [2.45, 2.75) is 38.1 Å². The highest BCUT2D eigenvalue weighted by molar-refractivity contribution is 5.78. The maximum Gasteiger partial charge on any atom is 0.261 e. The maximum absolute atomic E-state index is 12.9. The summed E-state index contributed by atoms with van der Waals surface area (Å²) < 4.78 is 3.77. The number of benzene rings is 1. The first-order valence-corrected chi connectivity index (χ1v) is 10.4. The normalized spacial score (nSPS) is 13.7. The Morgan fingerprint density at radius 1 is 1.07 bits per heavy atom. The Kier molecular flexibility index (Phi) is 4.78. The number of amides is 1. The van der Waals surface area contributed by atoms with E-state index < -0.39 is 0 Å². The van der Waals surface area contributed by atoms with Crippen LogP contribution in [0.25, 0.3) is 16.6 Å². The highest BCUT2D eigenvalue weighted by Gasteiger charge is 2.28. The van der Waals surface area contributed by atoms with E-state index in [1.54, 1.807) is 4.57 Å². The molecule has 7 heteroatoms. The Balaban J connectivity index is 1.22. The number of pyridine rings is 1. The molecule has 0 bridgehead atoms. The summed E-state index contributed by atoms with van der Waals surface area (Å²) in [5, 5.41) is 3.60. The summed E-state index contributed by atoms with van der Waals surface area (Å²) in [6, 6.07) is 13.5. The van der Waals surface area contributed by atoms with E-state index in [-0.39, 0.29) is 17.5 Å². The number of nitrogens with zero attached hydrogens (tertiary/aromatic N) is 4. The molecule has 1 aromatic carbocycles. The summed E-state index contributed by atoms with van der Waals surface area (Å²) in [5.74, 6) is 0.667. The molecule has 4 aromatic rings. The van der Waals surface area contributed by atoms with Gasteiger partial charge >= 0.3 is 0 Å². The Bertz CT molecular complexity index is 1250. The van der Waals surface area contributed by atoms with Crippen LogP contribution >= 0.6 is 0 Å². The Hall–Kier alpha value is -3.48. The molecule has 1 N–H and O–H groups in total. The summed E-state index contributed by atoms with van der Waals surface area (Å²) in [6.07, 6.45) is 7.37. The standard InChI is InChI=1S/C23H23N5O2/c29-22(24-13-12-16-15-27-14-4-3-7-20(27)25-16)11-10-21-26-19-6-2-1-5-18(19)23(30)28(21)17-8-9-17/h1-7,14-15,17H,8-13H2,(H,24,29). The van der Waals surface area contributed by atoms with Gasteiger partial charge in [-0.25, -0.2) is 9.97 Å². The Morgan fingerprint density at radius 3 is 2.73 bits per heavy atom. The number of carbonyl (C=O) groups is 1. The molecule has 5 rings (SSSR count). The largest absolute Gasteiger partial charge is 0.356 e. The van der Waals surface area contributed by atoms with Gasteiger partial charge in [0.1, 0.15) is 11.5 Å². The molecule has 30 heavy (non-hydrogen) atoms. The van der Waals surface area contributed by atoms with Crippen molar-refractivity contribution in [1.82, 2.24) is 24.3 Å². The summed E-state index contributed by atoms with van der Waals surface area (Å²) in [7, 11) is 0. The number of para-hydroxylation sites is 1. The molecule has 0 radical (unpaired) electrons. The third-order valence-electron chi connectivity index (χ3n) is 5.49. The van der Waals surface area contributed by atoms with E-state index in [1.807, 2.05) is 59.3 Å². The van der Waals surface area contributed by atoms with Crippen LogP contribution in [-0.2, 0) is 17.6 Å². The molecule has 152 valence electrons. The van der Waals surface area contributed by atoms with E-state index in [2.05, 4.69) is 10.3 Å². The second-order valence-corrected chi connectivity index (χ2v) is 7.75. The number of rotatable bonds is 7. The molecule has 0 aliphatic heterocycles. The third kappa shape index (κ3) is 3.70. The number of carbonyl (C=O) groups excluding carboxylic acids is 1. The van der Waals surface area contributed by atoms with Gasteiger partial charge in [0, 0.05) is 44.2 Å². The number of hydrogen-bond acceptors (Lipinski definition) is 4. The third-order valence-corrected chi connectivity index (χ3v) is 5.49. The van der Waals surface area contributed by atoms with E-state index in [1.165, 1.54) is 0 Å². The van der Waals surface area contributed by atoms with Gasteiger partial charge in [0.05, 0.1) is 16.6 Å². The first kappa shape index (κ1) is 18.5. The smallest absolute Gasteiger partial charge is 0.261 e. The van der Waals surface area contributed by atoms with Crippen molar-refractivity contribution in [3.63, 3.8) is 0 Å². The molecule has 0 saturated heterocycles. The van der Waals surface area contributed by atoms with Crippen LogP contribution in [0.2, 0.25) is 0 Å².